The number of carbonyl (C=O) groups excluding carboxylic acids is 1. The molecule has 1 aromatic rings. The first-order chi connectivity index (χ1) is 8.52. The highest BCUT2D eigenvalue weighted by Gasteiger charge is 2.41. The largest absolute Gasteiger partial charge is 0.506 e. The van der Waals surface area contributed by atoms with Crippen LogP contribution in [0.4, 0.5) is 8.78 Å². The van der Waals surface area contributed by atoms with E-state index in [1.165, 1.54) is 6.08 Å². The van der Waals surface area contributed by atoms with E-state index < -0.39 is 27.9 Å². The third-order valence-corrected chi connectivity index (χ3v) is 3.65. The maximum Gasteiger partial charge on any atom is 0.235 e. The molecule has 2 rings (SSSR count). The van der Waals surface area contributed by atoms with Gasteiger partial charge in [0.25, 0.3) is 0 Å². The molecule has 0 aromatic heterocycles. The van der Waals surface area contributed by atoms with E-state index >= 15 is 0 Å². The van der Waals surface area contributed by atoms with Crippen molar-refractivity contribution in [3.63, 3.8) is 0 Å². The number of benzene rings is 1. The molecule has 1 fully saturated rings. The number of hydrogen-bond acceptors (Lipinski definition) is 3. The van der Waals surface area contributed by atoms with Crippen LogP contribution < -0.4 is 0 Å². The third kappa shape index (κ3) is 1.89. The van der Waals surface area contributed by atoms with Crippen molar-refractivity contribution in [1.29, 1.82) is 0 Å². The van der Waals surface area contributed by atoms with Crippen LogP contribution in [0.15, 0.2) is 11.1 Å². The quantitative estimate of drug-likeness (QED) is 0.510. The Labute approximate surface area is 107 Å². The van der Waals surface area contributed by atoms with E-state index in [0.717, 1.165) is 6.07 Å². The number of aromatic hydroxyl groups is 1. The highest BCUT2D eigenvalue weighted by Crippen LogP contribution is 2.46. The first-order valence-corrected chi connectivity index (χ1v) is 5.85. The molecule has 0 amide bonds. The fraction of sp³-hybridized carbons (Fsp3) is 0.417. The molecule has 0 aliphatic heterocycles. The van der Waals surface area contributed by atoms with Gasteiger partial charge >= 0.3 is 0 Å². The zero-order valence-corrected chi connectivity index (χ0v) is 10.1. The van der Waals surface area contributed by atoms with Crippen molar-refractivity contribution in [2.45, 2.75) is 31.2 Å². The van der Waals surface area contributed by atoms with E-state index in [0.29, 0.717) is 25.7 Å². The van der Waals surface area contributed by atoms with Crippen molar-refractivity contribution in [2.24, 2.45) is 4.99 Å². The van der Waals surface area contributed by atoms with Crippen molar-refractivity contribution in [3.05, 3.63) is 28.3 Å². The van der Waals surface area contributed by atoms with Gasteiger partial charge in [0.05, 0.1) is 5.56 Å². The maximum absolute atomic E-state index is 14.0. The van der Waals surface area contributed by atoms with Crippen LogP contribution in [0.2, 0.25) is 5.02 Å². The van der Waals surface area contributed by atoms with Gasteiger partial charge in [-0.1, -0.05) is 24.4 Å². The molecule has 1 aliphatic rings. The average molecular weight is 274 g/mol. The summed E-state index contributed by atoms with van der Waals surface area (Å²) in [7, 11) is 0. The molecule has 0 saturated heterocycles. The summed E-state index contributed by atoms with van der Waals surface area (Å²) < 4.78 is 27.9. The summed E-state index contributed by atoms with van der Waals surface area (Å²) in [4.78, 5) is 14.1. The van der Waals surface area contributed by atoms with E-state index in [4.69, 9.17) is 11.6 Å². The van der Waals surface area contributed by atoms with Crippen LogP contribution in [0, 0.1) is 11.6 Å². The second-order valence-electron chi connectivity index (χ2n) is 4.32. The second-order valence-corrected chi connectivity index (χ2v) is 4.70. The van der Waals surface area contributed by atoms with Crippen LogP contribution in [-0.4, -0.2) is 11.2 Å². The predicted octanol–water partition coefficient (Wildman–Crippen LogP) is 3.43. The third-order valence-electron chi connectivity index (χ3n) is 3.30. The molecule has 1 N–H and O–H groups in total. The van der Waals surface area contributed by atoms with E-state index in [1.807, 2.05) is 0 Å². The molecule has 1 aliphatic carbocycles. The molecule has 0 heterocycles. The van der Waals surface area contributed by atoms with E-state index in [9.17, 15) is 18.7 Å². The molecule has 6 heteroatoms. The van der Waals surface area contributed by atoms with Crippen LogP contribution in [0.1, 0.15) is 31.2 Å². The minimum Gasteiger partial charge on any atom is -0.506 e. The molecule has 3 nitrogen and oxygen atoms in total. The van der Waals surface area contributed by atoms with E-state index in [1.54, 1.807) is 0 Å². The summed E-state index contributed by atoms with van der Waals surface area (Å²) in [6, 6.07) is 0.737. The summed E-state index contributed by atoms with van der Waals surface area (Å²) in [6.07, 6.45) is 3.51. The van der Waals surface area contributed by atoms with Crippen LogP contribution >= 0.6 is 11.6 Å². The number of phenolic OH excluding ortho intramolecular Hbond substituents is 1. The number of nitrogens with zero attached hydrogens (tertiary/aromatic N) is 1. The van der Waals surface area contributed by atoms with Gasteiger partial charge in [-0.15, -0.1) is 0 Å². The van der Waals surface area contributed by atoms with Crippen LogP contribution in [0.5, 0.6) is 5.75 Å². The van der Waals surface area contributed by atoms with Crippen molar-refractivity contribution >= 4 is 17.7 Å². The van der Waals surface area contributed by atoms with Gasteiger partial charge < -0.3 is 5.11 Å². The van der Waals surface area contributed by atoms with Gasteiger partial charge in [0.2, 0.25) is 6.08 Å². The summed E-state index contributed by atoms with van der Waals surface area (Å²) in [5.41, 5.74) is -1.60. The van der Waals surface area contributed by atoms with Gasteiger partial charge in [0, 0.05) is 6.07 Å². The van der Waals surface area contributed by atoms with E-state index in [2.05, 4.69) is 4.99 Å². The average Bonchev–Trinajstić information content (AvgIpc) is 2.76. The minimum absolute atomic E-state index is 0.355. The summed E-state index contributed by atoms with van der Waals surface area (Å²) >= 11 is 5.56. The normalized spacial score (nSPS) is 17.5. The molecule has 0 spiro atoms. The van der Waals surface area contributed by atoms with Crippen LogP contribution in [-0.2, 0) is 10.3 Å². The van der Waals surface area contributed by atoms with E-state index in [-0.39, 0.29) is 5.56 Å². The lowest BCUT2D eigenvalue weighted by Crippen LogP contribution is -2.23. The molecule has 0 radical (unpaired) electrons. The smallest absolute Gasteiger partial charge is 0.235 e. The van der Waals surface area contributed by atoms with Crippen molar-refractivity contribution in [1.82, 2.24) is 0 Å². The first-order valence-electron chi connectivity index (χ1n) is 5.48. The highest BCUT2D eigenvalue weighted by molar-refractivity contribution is 6.32. The number of phenols is 1. The molecule has 1 saturated carbocycles. The Morgan fingerprint density at radius 2 is 2.00 bits per heavy atom. The minimum atomic E-state index is -1.24. The monoisotopic (exact) mass is 273 g/mol. The fourth-order valence-electron chi connectivity index (χ4n) is 2.47. The van der Waals surface area contributed by atoms with Crippen molar-refractivity contribution < 1.29 is 18.7 Å². The Kier molecular flexibility index (Phi) is 3.37. The lowest BCUT2D eigenvalue weighted by atomic mass is 9.88. The lowest BCUT2D eigenvalue weighted by Gasteiger charge is -2.24. The van der Waals surface area contributed by atoms with Gasteiger partial charge in [0.1, 0.15) is 22.1 Å². The van der Waals surface area contributed by atoms with Gasteiger partial charge in [0.15, 0.2) is 5.82 Å². The predicted molar refractivity (Wildman–Crippen MR) is 61.3 cm³/mol. The zero-order valence-electron chi connectivity index (χ0n) is 9.34. The molecule has 18 heavy (non-hydrogen) atoms. The summed E-state index contributed by atoms with van der Waals surface area (Å²) in [5, 5.41) is 8.69. The SMILES string of the molecule is O=C=NC1(c2c(F)cc(O)c(Cl)c2F)CCCC1. The molecule has 0 atom stereocenters. The first kappa shape index (κ1) is 13.0. The Morgan fingerprint density at radius 1 is 1.39 bits per heavy atom. The van der Waals surface area contributed by atoms with Gasteiger partial charge in [-0.2, -0.15) is 4.99 Å². The van der Waals surface area contributed by atoms with Gasteiger partial charge in [-0.05, 0) is 12.8 Å². The van der Waals surface area contributed by atoms with Crippen LogP contribution in [0.3, 0.4) is 0 Å². The molecule has 1 aromatic carbocycles. The number of aliphatic imine (C=N–C) groups is 1. The maximum atomic E-state index is 14.0. The summed E-state index contributed by atoms with van der Waals surface area (Å²) in [6.45, 7) is 0. The molecule has 0 bridgehead atoms. The number of rotatable bonds is 2. The zero-order chi connectivity index (χ0) is 13.3. The lowest BCUT2D eigenvalue weighted by molar-refractivity contribution is 0.395. The Bertz CT molecular complexity index is 535. The molecule has 96 valence electrons. The van der Waals surface area contributed by atoms with Gasteiger partial charge in [-0.25, -0.2) is 13.6 Å². The second kappa shape index (κ2) is 4.67. The molecular formula is C12H10ClF2NO2. The molecular weight excluding hydrogens is 264 g/mol. The fourth-order valence-corrected chi connectivity index (χ4v) is 2.62. The van der Waals surface area contributed by atoms with Crippen molar-refractivity contribution in [2.75, 3.05) is 0 Å². The van der Waals surface area contributed by atoms with Crippen molar-refractivity contribution in [3.8, 4) is 5.75 Å². The highest BCUT2D eigenvalue weighted by atomic mass is 35.5. The Balaban J connectivity index is 2.69. The van der Waals surface area contributed by atoms with Crippen LogP contribution in [0.25, 0.3) is 0 Å². The number of halogens is 3. The Morgan fingerprint density at radius 3 is 2.56 bits per heavy atom. The van der Waals surface area contributed by atoms with Gasteiger partial charge in [-0.3, -0.25) is 0 Å². The molecule has 0 unspecified atom stereocenters. The topological polar surface area (TPSA) is 49.7 Å². The summed E-state index contributed by atoms with van der Waals surface area (Å²) in [5.74, 6) is -2.68. The standard InChI is InChI=1S/C12H10ClF2NO2/c13-10-8(18)5-7(14)9(11(10)15)12(16-6-17)3-1-2-4-12/h5,18H,1-4H2. The number of isocyanates is 1. The number of hydrogen-bond donors (Lipinski definition) is 1. The Hall–Kier alpha value is -1.45.